The molecule has 0 radical (unpaired) electrons. The minimum absolute atomic E-state index is 0.144. The van der Waals surface area contributed by atoms with Gasteiger partial charge in [-0.2, -0.15) is 0 Å². The summed E-state index contributed by atoms with van der Waals surface area (Å²) in [6.07, 6.45) is 4.40. The van der Waals surface area contributed by atoms with E-state index in [0.717, 1.165) is 38.9 Å². The highest BCUT2D eigenvalue weighted by Crippen LogP contribution is 2.43. The zero-order valence-electron chi connectivity index (χ0n) is 15.0. The highest BCUT2D eigenvalue weighted by Gasteiger charge is 2.44. The summed E-state index contributed by atoms with van der Waals surface area (Å²) in [6.45, 7) is 7.54. The van der Waals surface area contributed by atoms with Crippen LogP contribution in [-0.4, -0.2) is 48.7 Å². The van der Waals surface area contributed by atoms with Gasteiger partial charge in [-0.05, 0) is 67.7 Å². The van der Waals surface area contributed by atoms with Gasteiger partial charge in [-0.25, -0.2) is 4.79 Å². The molecule has 4 heteroatoms. The fourth-order valence-corrected chi connectivity index (χ4v) is 5.08. The van der Waals surface area contributed by atoms with Gasteiger partial charge in [0.1, 0.15) is 0 Å². The number of ether oxygens (including phenoxy) is 1. The molecule has 3 atom stereocenters. The summed E-state index contributed by atoms with van der Waals surface area (Å²) in [5, 5.41) is 0. The molecule has 0 saturated carbocycles. The number of nitrogens with zero attached hydrogens (tertiary/aromatic N) is 2. The average Bonchev–Trinajstić information content (AvgIpc) is 2.60. The minimum Gasteiger partial charge on any atom is -0.453 e. The zero-order chi connectivity index (χ0) is 16.8. The van der Waals surface area contributed by atoms with Crippen LogP contribution in [0.3, 0.4) is 0 Å². The number of likely N-dealkylation sites (tertiary alicyclic amines) is 1. The van der Waals surface area contributed by atoms with E-state index >= 15 is 0 Å². The second kappa shape index (κ2) is 6.07. The van der Waals surface area contributed by atoms with Crippen molar-refractivity contribution in [3.63, 3.8) is 0 Å². The molecule has 3 unspecified atom stereocenters. The van der Waals surface area contributed by atoms with Gasteiger partial charge in [-0.3, -0.25) is 4.90 Å². The van der Waals surface area contributed by atoms with Crippen molar-refractivity contribution in [2.45, 2.75) is 51.6 Å². The van der Waals surface area contributed by atoms with Crippen LogP contribution < -0.4 is 0 Å². The van der Waals surface area contributed by atoms with Crippen LogP contribution in [0.1, 0.15) is 47.6 Å². The van der Waals surface area contributed by atoms with Gasteiger partial charge in [0, 0.05) is 31.7 Å². The Morgan fingerprint density at radius 3 is 2.79 bits per heavy atom. The highest BCUT2D eigenvalue weighted by atomic mass is 16.5. The van der Waals surface area contributed by atoms with Crippen LogP contribution in [0.25, 0.3) is 0 Å². The van der Waals surface area contributed by atoms with Crippen molar-refractivity contribution in [3.05, 3.63) is 34.4 Å². The molecule has 4 rings (SSSR count). The Kier molecular flexibility index (Phi) is 4.03. The third-order valence-corrected chi connectivity index (χ3v) is 6.48. The molecular formula is C20H28N2O2. The molecule has 1 aromatic rings. The van der Waals surface area contributed by atoms with E-state index in [0.29, 0.717) is 18.0 Å². The molecule has 2 fully saturated rings. The number of carbonyl (C=O) groups excluding carboxylic acids is 1. The fraction of sp³-hybridized carbons (Fsp3) is 0.650. The normalized spacial score (nSPS) is 29.5. The molecule has 0 bridgehead atoms. The Balaban J connectivity index is 1.66. The van der Waals surface area contributed by atoms with Crippen LogP contribution in [0.5, 0.6) is 0 Å². The lowest BCUT2D eigenvalue weighted by atomic mass is 9.76. The standard InChI is InChI=1S/C20H28N2O2/c1-13-9-15-6-8-21-12-16-5-4-7-22(20(23)24-3)18(16)11-19(21)17(15)10-14(13)2/h9-10,16,18-19H,4-8,11-12H2,1-3H3. The molecule has 0 N–H and O–H groups in total. The number of methoxy groups -OCH3 is 1. The Morgan fingerprint density at radius 2 is 2.00 bits per heavy atom. The van der Waals surface area contributed by atoms with Crippen LogP contribution in [-0.2, 0) is 11.2 Å². The smallest absolute Gasteiger partial charge is 0.409 e. The van der Waals surface area contributed by atoms with E-state index in [-0.39, 0.29) is 6.09 Å². The Morgan fingerprint density at radius 1 is 1.21 bits per heavy atom. The van der Waals surface area contributed by atoms with Crippen LogP contribution in [0.2, 0.25) is 0 Å². The van der Waals surface area contributed by atoms with E-state index in [1.54, 1.807) is 0 Å². The summed E-state index contributed by atoms with van der Waals surface area (Å²) in [7, 11) is 1.50. The summed E-state index contributed by atoms with van der Waals surface area (Å²) >= 11 is 0. The van der Waals surface area contributed by atoms with Crippen molar-refractivity contribution in [2.24, 2.45) is 5.92 Å². The minimum atomic E-state index is -0.144. The highest BCUT2D eigenvalue weighted by molar-refractivity contribution is 5.68. The van der Waals surface area contributed by atoms with Crippen LogP contribution in [0.4, 0.5) is 4.79 Å². The maximum atomic E-state index is 12.2. The summed E-state index contributed by atoms with van der Waals surface area (Å²) in [4.78, 5) is 16.9. The molecule has 0 aliphatic carbocycles. The van der Waals surface area contributed by atoms with Crippen molar-refractivity contribution < 1.29 is 9.53 Å². The lowest BCUT2D eigenvalue weighted by Gasteiger charge is -2.52. The van der Waals surface area contributed by atoms with Gasteiger partial charge >= 0.3 is 6.09 Å². The number of piperidine rings is 2. The van der Waals surface area contributed by atoms with Gasteiger partial charge in [0.2, 0.25) is 0 Å². The van der Waals surface area contributed by atoms with Crippen LogP contribution >= 0.6 is 0 Å². The zero-order valence-corrected chi connectivity index (χ0v) is 15.0. The van der Waals surface area contributed by atoms with Gasteiger partial charge in [0.15, 0.2) is 0 Å². The summed E-state index contributed by atoms with van der Waals surface area (Å²) in [5.41, 5.74) is 5.78. The first-order valence-corrected chi connectivity index (χ1v) is 9.27. The molecular weight excluding hydrogens is 300 g/mol. The summed E-state index contributed by atoms with van der Waals surface area (Å²) < 4.78 is 5.05. The van der Waals surface area contributed by atoms with Gasteiger partial charge in [0.25, 0.3) is 0 Å². The maximum absolute atomic E-state index is 12.2. The van der Waals surface area contributed by atoms with Gasteiger partial charge in [-0.1, -0.05) is 12.1 Å². The molecule has 0 spiro atoms. The second-order valence-corrected chi connectivity index (χ2v) is 7.76. The number of amides is 1. The number of fused-ring (bicyclic) bond motifs is 4. The van der Waals surface area contributed by atoms with Crippen molar-refractivity contribution in [1.29, 1.82) is 0 Å². The molecule has 4 nitrogen and oxygen atoms in total. The van der Waals surface area contributed by atoms with Gasteiger partial charge in [-0.15, -0.1) is 0 Å². The first-order valence-electron chi connectivity index (χ1n) is 9.27. The molecule has 3 aliphatic heterocycles. The average molecular weight is 328 g/mol. The second-order valence-electron chi connectivity index (χ2n) is 7.76. The van der Waals surface area contributed by atoms with E-state index in [4.69, 9.17) is 4.74 Å². The van der Waals surface area contributed by atoms with Crippen LogP contribution in [0, 0.1) is 19.8 Å². The van der Waals surface area contributed by atoms with Crippen molar-refractivity contribution in [2.75, 3.05) is 26.7 Å². The van der Waals surface area contributed by atoms with E-state index in [1.807, 2.05) is 4.90 Å². The lowest BCUT2D eigenvalue weighted by molar-refractivity contribution is -0.00843. The first-order chi connectivity index (χ1) is 11.6. The quantitative estimate of drug-likeness (QED) is 0.731. The molecule has 1 aromatic carbocycles. The summed E-state index contributed by atoms with van der Waals surface area (Å²) in [6, 6.07) is 5.57. The predicted octanol–water partition coefficient (Wildman–Crippen LogP) is 3.45. The summed E-state index contributed by atoms with van der Waals surface area (Å²) in [5.74, 6) is 0.599. The Bertz CT molecular complexity index is 657. The molecule has 24 heavy (non-hydrogen) atoms. The lowest BCUT2D eigenvalue weighted by Crippen LogP contribution is -2.57. The topological polar surface area (TPSA) is 32.8 Å². The van der Waals surface area contributed by atoms with E-state index in [9.17, 15) is 4.79 Å². The molecule has 3 aliphatic rings. The van der Waals surface area contributed by atoms with Gasteiger partial charge in [0.05, 0.1) is 7.11 Å². The predicted molar refractivity (Wildman–Crippen MR) is 94.2 cm³/mol. The third kappa shape index (κ3) is 2.52. The number of aryl methyl sites for hydroxylation is 2. The number of rotatable bonds is 0. The van der Waals surface area contributed by atoms with Gasteiger partial charge < -0.3 is 9.64 Å². The first kappa shape index (κ1) is 15.9. The number of benzene rings is 1. The SMILES string of the molecule is COC(=O)N1CCCC2CN3CCc4cc(C)c(C)cc4C3CC21. The Labute approximate surface area is 144 Å². The maximum Gasteiger partial charge on any atom is 0.409 e. The van der Waals surface area contributed by atoms with Crippen molar-refractivity contribution in [3.8, 4) is 0 Å². The monoisotopic (exact) mass is 328 g/mol. The fourth-order valence-electron chi connectivity index (χ4n) is 5.08. The molecule has 1 amide bonds. The molecule has 130 valence electrons. The van der Waals surface area contributed by atoms with Crippen molar-refractivity contribution >= 4 is 6.09 Å². The van der Waals surface area contributed by atoms with E-state index in [1.165, 1.54) is 35.8 Å². The van der Waals surface area contributed by atoms with E-state index < -0.39 is 0 Å². The number of hydrogen-bond acceptors (Lipinski definition) is 3. The van der Waals surface area contributed by atoms with Crippen molar-refractivity contribution in [1.82, 2.24) is 9.80 Å². The molecule has 3 heterocycles. The van der Waals surface area contributed by atoms with Crippen LogP contribution in [0.15, 0.2) is 12.1 Å². The molecule has 2 saturated heterocycles. The largest absolute Gasteiger partial charge is 0.453 e. The number of carbonyl (C=O) groups is 1. The molecule has 0 aromatic heterocycles. The third-order valence-electron chi connectivity index (χ3n) is 6.48. The Hall–Kier alpha value is -1.55. The number of hydrogen-bond donors (Lipinski definition) is 0. The van der Waals surface area contributed by atoms with E-state index in [2.05, 4.69) is 30.9 Å².